The summed E-state index contributed by atoms with van der Waals surface area (Å²) in [6.07, 6.45) is 1.77. The van der Waals surface area contributed by atoms with Gasteiger partial charge in [-0.2, -0.15) is 0 Å². The van der Waals surface area contributed by atoms with E-state index in [-0.39, 0.29) is 23.3 Å². The number of nitrogens with one attached hydrogen (secondary N) is 1. The summed E-state index contributed by atoms with van der Waals surface area (Å²) in [5.74, 6) is -0.873. The van der Waals surface area contributed by atoms with E-state index in [1.807, 2.05) is 18.2 Å². The molecule has 0 atom stereocenters. The molecule has 10 nitrogen and oxygen atoms in total. The summed E-state index contributed by atoms with van der Waals surface area (Å²) < 4.78 is 23.2. The van der Waals surface area contributed by atoms with Crippen molar-refractivity contribution in [2.24, 2.45) is 5.92 Å². The maximum Gasteiger partial charge on any atom is 0.391 e. The van der Waals surface area contributed by atoms with Crippen molar-refractivity contribution in [1.29, 1.82) is 0 Å². The zero-order chi connectivity index (χ0) is 24.7. The number of thiazole rings is 1. The molecule has 1 aliphatic carbocycles. The number of amides is 1. The van der Waals surface area contributed by atoms with E-state index < -0.39 is 25.7 Å². The molecule has 2 aromatic carbocycles. The molecule has 0 spiro atoms. The van der Waals surface area contributed by atoms with E-state index in [0.717, 1.165) is 23.1 Å². The third-order valence-electron chi connectivity index (χ3n) is 5.38. The number of benzene rings is 2. The van der Waals surface area contributed by atoms with Crippen LogP contribution in [-0.2, 0) is 14.2 Å². The molecule has 4 aromatic rings. The summed E-state index contributed by atoms with van der Waals surface area (Å²) in [7, 11) is -4.62. The fourth-order valence-corrected chi connectivity index (χ4v) is 5.06. The Bertz CT molecular complexity index is 1500. The van der Waals surface area contributed by atoms with Crippen molar-refractivity contribution in [3.63, 3.8) is 0 Å². The van der Waals surface area contributed by atoms with Gasteiger partial charge in [0, 0.05) is 11.5 Å². The number of carbonyl (C=O) groups excluding carboxylic acids is 1. The number of anilines is 1. The summed E-state index contributed by atoms with van der Waals surface area (Å²) in [6, 6.07) is 13.1. The Balaban J connectivity index is 1.57. The number of aromatic nitrogens is 1. The lowest BCUT2D eigenvalue weighted by Gasteiger charge is -2.11. The van der Waals surface area contributed by atoms with Gasteiger partial charge >= 0.3 is 13.6 Å². The monoisotopic (exact) mass is 514 g/mol. The summed E-state index contributed by atoms with van der Waals surface area (Å²) in [5.41, 5.74) is 2.04. The number of furan rings is 1. The Morgan fingerprint density at radius 1 is 1.14 bits per heavy atom. The molecule has 1 aliphatic rings. The van der Waals surface area contributed by atoms with E-state index in [0.29, 0.717) is 21.8 Å². The minimum atomic E-state index is -4.62. The van der Waals surface area contributed by atoms with Gasteiger partial charge < -0.3 is 29.4 Å². The van der Waals surface area contributed by atoms with Crippen molar-refractivity contribution in [2.75, 3.05) is 11.9 Å². The van der Waals surface area contributed by atoms with Gasteiger partial charge in [0.1, 0.15) is 11.5 Å². The van der Waals surface area contributed by atoms with Crippen molar-refractivity contribution in [2.45, 2.75) is 12.8 Å². The topological polar surface area (TPSA) is 159 Å². The molecule has 35 heavy (non-hydrogen) atoms. The van der Waals surface area contributed by atoms with E-state index >= 15 is 0 Å². The SMILES string of the molecule is O=C(O)COc1ccc(-c2cccc3nc(NC(=O)C4CC4)sc23)cc1-c1ccc(P(=O)(O)O)o1. The lowest BCUT2D eigenvalue weighted by Crippen LogP contribution is -2.12. The lowest BCUT2D eigenvalue weighted by molar-refractivity contribution is -0.139. The van der Waals surface area contributed by atoms with Crippen LogP contribution < -0.4 is 15.6 Å². The summed E-state index contributed by atoms with van der Waals surface area (Å²) >= 11 is 1.34. The van der Waals surface area contributed by atoms with Crippen LogP contribution in [0.1, 0.15) is 12.8 Å². The van der Waals surface area contributed by atoms with Crippen LogP contribution in [0.25, 0.3) is 32.7 Å². The third kappa shape index (κ3) is 4.98. The molecule has 5 rings (SSSR count). The molecule has 0 unspecified atom stereocenters. The highest BCUT2D eigenvalue weighted by molar-refractivity contribution is 7.59. The van der Waals surface area contributed by atoms with E-state index in [2.05, 4.69) is 10.3 Å². The average Bonchev–Trinajstić information content (AvgIpc) is 3.38. The van der Waals surface area contributed by atoms with Crippen molar-refractivity contribution in [3.8, 4) is 28.2 Å². The molecular weight excluding hydrogens is 495 g/mol. The van der Waals surface area contributed by atoms with Gasteiger partial charge in [-0.05, 0) is 48.7 Å². The van der Waals surface area contributed by atoms with E-state index in [9.17, 15) is 23.9 Å². The van der Waals surface area contributed by atoms with Crippen molar-refractivity contribution in [3.05, 3.63) is 48.5 Å². The minimum absolute atomic E-state index is 0.0356. The van der Waals surface area contributed by atoms with Gasteiger partial charge in [-0.25, -0.2) is 9.78 Å². The van der Waals surface area contributed by atoms with Crippen LogP contribution in [-0.4, -0.2) is 38.4 Å². The number of hydrogen-bond donors (Lipinski definition) is 4. The molecule has 12 heteroatoms. The Labute approximate surface area is 202 Å². The summed E-state index contributed by atoms with van der Waals surface area (Å²) in [5, 5.41) is 12.4. The zero-order valence-electron chi connectivity index (χ0n) is 18.0. The highest BCUT2D eigenvalue weighted by Crippen LogP contribution is 2.41. The summed E-state index contributed by atoms with van der Waals surface area (Å²) in [6.45, 7) is -0.604. The molecule has 1 amide bonds. The quantitative estimate of drug-likeness (QED) is 0.256. The normalized spacial score (nSPS) is 13.7. The number of carboxylic acids is 1. The number of carboxylic acid groups (broad SMARTS) is 1. The predicted octanol–water partition coefficient (Wildman–Crippen LogP) is 3.84. The van der Waals surface area contributed by atoms with Crippen LogP contribution in [0.4, 0.5) is 5.13 Å². The molecule has 0 aliphatic heterocycles. The number of hydrogen-bond acceptors (Lipinski definition) is 7. The number of ether oxygens (including phenoxy) is 1. The Kier molecular flexibility index (Phi) is 5.94. The molecule has 1 saturated carbocycles. The number of rotatable bonds is 8. The molecular formula is C23H19N2O8PS. The smallest absolute Gasteiger partial charge is 0.391 e. The van der Waals surface area contributed by atoms with Crippen LogP contribution in [0.3, 0.4) is 0 Å². The number of nitrogens with zero attached hydrogens (tertiary/aromatic N) is 1. The first-order valence-corrected chi connectivity index (χ1v) is 13.0. The number of aliphatic carboxylic acids is 1. The second-order valence-electron chi connectivity index (χ2n) is 8.01. The van der Waals surface area contributed by atoms with Gasteiger partial charge in [-0.1, -0.05) is 29.5 Å². The van der Waals surface area contributed by atoms with Crippen LogP contribution >= 0.6 is 18.9 Å². The molecule has 1 fully saturated rings. The first-order valence-electron chi connectivity index (χ1n) is 10.5. The van der Waals surface area contributed by atoms with E-state index in [4.69, 9.17) is 14.3 Å². The Hall–Kier alpha value is -3.50. The standard InChI is InChI=1S/C23H19N2O8PS/c26-19(27)11-32-17-7-6-13(10-15(17)18-8-9-20(33-18)34(29,30)31)14-2-1-3-16-21(14)35-23(24-16)25-22(28)12-4-5-12/h1-3,6-10,12H,4-5,11H2,(H,26,27)(H,24,25,28)(H2,29,30,31). The van der Waals surface area contributed by atoms with Gasteiger partial charge in [0.15, 0.2) is 11.7 Å². The van der Waals surface area contributed by atoms with E-state index in [1.165, 1.54) is 23.5 Å². The molecule has 0 radical (unpaired) electrons. The highest BCUT2D eigenvalue weighted by Gasteiger charge is 2.30. The lowest BCUT2D eigenvalue weighted by atomic mass is 10.0. The fraction of sp³-hybridized carbons (Fsp3) is 0.174. The van der Waals surface area contributed by atoms with E-state index in [1.54, 1.807) is 18.2 Å². The molecule has 2 aromatic heterocycles. The van der Waals surface area contributed by atoms with Gasteiger partial charge in [0.25, 0.3) is 0 Å². The summed E-state index contributed by atoms with van der Waals surface area (Å²) in [4.78, 5) is 46.6. The number of carbonyl (C=O) groups is 2. The molecule has 0 saturated heterocycles. The Morgan fingerprint density at radius 2 is 1.94 bits per heavy atom. The van der Waals surface area contributed by atoms with Crippen molar-refractivity contribution in [1.82, 2.24) is 4.98 Å². The van der Waals surface area contributed by atoms with Gasteiger partial charge in [-0.15, -0.1) is 0 Å². The van der Waals surface area contributed by atoms with Crippen LogP contribution in [0, 0.1) is 5.92 Å². The van der Waals surface area contributed by atoms with Crippen LogP contribution in [0.2, 0.25) is 0 Å². The third-order valence-corrected chi connectivity index (χ3v) is 7.21. The maximum atomic E-state index is 12.2. The minimum Gasteiger partial charge on any atom is -0.481 e. The fourth-order valence-electron chi connectivity index (χ4n) is 3.57. The van der Waals surface area contributed by atoms with Crippen LogP contribution in [0.5, 0.6) is 5.75 Å². The van der Waals surface area contributed by atoms with Gasteiger partial charge in [0.05, 0.1) is 15.8 Å². The predicted molar refractivity (Wildman–Crippen MR) is 129 cm³/mol. The first kappa shape index (κ1) is 23.3. The molecule has 4 N–H and O–H groups in total. The first-order chi connectivity index (χ1) is 16.7. The van der Waals surface area contributed by atoms with Crippen LogP contribution in [0.15, 0.2) is 52.9 Å². The largest absolute Gasteiger partial charge is 0.481 e. The van der Waals surface area contributed by atoms with Crippen molar-refractivity contribution < 1.29 is 38.2 Å². The molecule has 0 bridgehead atoms. The van der Waals surface area contributed by atoms with Gasteiger partial charge in [0.2, 0.25) is 11.4 Å². The maximum absolute atomic E-state index is 12.2. The molecule has 180 valence electrons. The van der Waals surface area contributed by atoms with Gasteiger partial charge in [-0.3, -0.25) is 9.36 Å². The van der Waals surface area contributed by atoms with Crippen molar-refractivity contribution >= 4 is 51.7 Å². The second kappa shape index (κ2) is 8.94. The average molecular weight is 514 g/mol. The zero-order valence-corrected chi connectivity index (χ0v) is 19.7. The number of fused-ring (bicyclic) bond motifs is 1. The Morgan fingerprint density at radius 3 is 2.63 bits per heavy atom. The molecule has 2 heterocycles. The second-order valence-corrected chi connectivity index (χ2v) is 10.5. The highest BCUT2D eigenvalue weighted by atomic mass is 32.1.